The molecule has 120 valence electrons. The molecule has 1 aromatic carbocycles. The van der Waals surface area contributed by atoms with Gasteiger partial charge in [0, 0.05) is 16.6 Å². The lowest BCUT2D eigenvalue weighted by Crippen LogP contribution is -2.49. The summed E-state index contributed by atoms with van der Waals surface area (Å²) in [5.41, 5.74) is 0.0434. The van der Waals surface area contributed by atoms with Crippen LogP contribution in [0.1, 0.15) is 43.5 Å². The monoisotopic (exact) mass is 369 g/mol. The first-order valence-electron chi connectivity index (χ1n) is 7.37. The van der Waals surface area contributed by atoms with Gasteiger partial charge in [-0.2, -0.15) is 0 Å². The van der Waals surface area contributed by atoms with Gasteiger partial charge in [-0.3, -0.25) is 4.79 Å². The third kappa shape index (κ3) is 3.80. The highest BCUT2D eigenvalue weighted by Gasteiger charge is 2.29. The zero-order chi connectivity index (χ0) is 16.3. The highest BCUT2D eigenvalue weighted by Crippen LogP contribution is 2.24. The van der Waals surface area contributed by atoms with Crippen molar-refractivity contribution in [3.05, 3.63) is 28.2 Å². The molecule has 1 N–H and O–H groups in total. The minimum absolute atomic E-state index is 0.0434. The van der Waals surface area contributed by atoms with Crippen LogP contribution in [0.3, 0.4) is 0 Å². The quantitative estimate of drug-likeness (QED) is 0.831. The Morgan fingerprint density at radius 2 is 1.95 bits per heavy atom. The zero-order valence-electron chi connectivity index (χ0n) is 12.7. The largest absolute Gasteiger partial charge is 0.507 e. The van der Waals surface area contributed by atoms with Crippen molar-refractivity contribution < 1.29 is 19.4 Å². The summed E-state index contributed by atoms with van der Waals surface area (Å²) in [6.45, 7) is 3.71. The van der Waals surface area contributed by atoms with E-state index < -0.39 is 5.97 Å². The van der Waals surface area contributed by atoms with Crippen LogP contribution in [0.2, 0.25) is 0 Å². The summed E-state index contributed by atoms with van der Waals surface area (Å²) in [6.07, 6.45) is 3.05. The Morgan fingerprint density at radius 3 is 2.59 bits per heavy atom. The molecule has 0 radical (unpaired) electrons. The molecule has 0 bridgehead atoms. The van der Waals surface area contributed by atoms with E-state index >= 15 is 0 Å². The van der Waals surface area contributed by atoms with Gasteiger partial charge in [0.25, 0.3) is 5.91 Å². The van der Waals surface area contributed by atoms with Crippen LogP contribution in [0.25, 0.3) is 0 Å². The molecule has 0 unspecified atom stereocenters. The Kier molecular flexibility index (Phi) is 5.45. The van der Waals surface area contributed by atoms with Crippen LogP contribution < -0.4 is 0 Å². The number of amides is 1. The van der Waals surface area contributed by atoms with Gasteiger partial charge in [0.05, 0.1) is 0 Å². The van der Waals surface area contributed by atoms with Crippen molar-refractivity contribution in [1.29, 1.82) is 0 Å². The van der Waals surface area contributed by atoms with E-state index in [9.17, 15) is 14.7 Å². The normalized spacial score (nSPS) is 21.5. The average molecular weight is 370 g/mol. The van der Waals surface area contributed by atoms with E-state index in [1.807, 2.05) is 13.8 Å². The highest BCUT2D eigenvalue weighted by atomic mass is 79.9. The molecule has 1 saturated heterocycles. The summed E-state index contributed by atoms with van der Waals surface area (Å²) in [5, 5.41) is 9.69. The van der Waals surface area contributed by atoms with Crippen molar-refractivity contribution in [3.8, 4) is 5.75 Å². The molecule has 22 heavy (non-hydrogen) atoms. The van der Waals surface area contributed by atoms with Crippen LogP contribution in [-0.2, 0) is 9.53 Å². The number of halogens is 1. The molecule has 0 spiro atoms. The number of ether oxygens (including phenoxy) is 1. The van der Waals surface area contributed by atoms with Crippen molar-refractivity contribution in [3.63, 3.8) is 0 Å². The number of benzene rings is 1. The summed E-state index contributed by atoms with van der Waals surface area (Å²) in [4.78, 5) is 26.1. The summed E-state index contributed by atoms with van der Waals surface area (Å²) >= 11 is 3.23. The molecule has 6 heteroatoms. The number of piperidine rings is 1. The molecule has 1 aromatic rings. The molecule has 1 aliphatic rings. The van der Waals surface area contributed by atoms with Crippen LogP contribution in [0.4, 0.5) is 0 Å². The van der Waals surface area contributed by atoms with Gasteiger partial charge in [-0.05, 0) is 51.3 Å². The molecule has 0 aromatic heterocycles. The van der Waals surface area contributed by atoms with Crippen molar-refractivity contribution in [2.24, 2.45) is 0 Å². The van der Waals surface area contributed by atoms with Gasteiger partial charge in [0.2, 0.25) is 0 Å². The molecule has 2 rings (SSSR count). The Morgan fingerprint density at radius 1 is 1.32 bits per heavy atom. The van der Waals surface area contributed by atoms with E-state index in [4.69, 9.17) is 4.74 Å². The number of phenolic OH excluding ortho intramolecular Hbond substituents is 1. The zero-order valence-corrected chi connectivity index (χ0v) is 14.3. The maximum atomic E-state index is 12.3. The molecule has 1 fully saturated rings. The van der Waals surface area contributed by atoms with E-state index in [0.717, 1.165) is 19.3 Å². The minimum atomic E-state index is -0.704. The third-order valence-electron chi connectivity index (χ3n) is 3.99. The van der Waals surface area contributed by atoms with Gasteiger partial charge in [-0.15, -0.1) is 0 Å². The van der Waals surface area contributed by atoms with Gasteiger partial charge in [0.1, 0.15) is 11.3 Å². The first-order chi connectivity index (χ1) is 10.4. The van der Waals surface area contributed by atoms with Gasteiger partial charge >= 0.3 is 5.97 Å². The maximum Gasteiger partial charge on any atom is 0.342 e. The maximum absolute atomic E-state index is 12.3. The Balaban J connectivity index is 1.98. The minimum Gasteiger partial charge on any atom is -0.507 e. The third-order valence-corrected chi connectivity index (χ3v) is 4.48. The fraction of sp³-hybridized carbons (Fsp3) is 0.500. The number of carbonyl (C=O) groups excluding carboxylic acids is 2. The van der Waals surface area contributed by atoms with Crippen LogP contribution in [-0.4, -0.2) is 40.6 Å². The van der Waals surface area contributed by atoms with Crippen molar-refractivity contribution in [1.82, 2.24) is 4.90 Å². The first kappa shape index (κ1) is 16.8. The van der Waals surface area contributed by atoms with Crippen molar-refractivity contribution in [2.75, 3.05) is 6.61 Å². The molecule has 1 aliphatic heterocycles. The Hall–Kier alpha value is -1.56. The number of carbonyl (C=O) groups is 2. The molecule has 1 heterocycles. The molecule has 1 amide bonds. The first-order valence-corrected chi connectivity index (χ1v) is 8.16. The number of hydrogen-bond donors (Lipinski definition) is 1. The topological polar surface area (TPSA) is 66.8 Å². The number of aromatic hydroxyl groups is 1. The van der Waals surface area contributed by atoms with Crippen LogP contribution >= 0.6 is 15.9 Å². The van der Waals surface area contributed by atoms with Crippen LogP contribution in [0.5, 0.6) is 5.75 Å². The molecular weight excluding hydrogens is 350 g/mol. The number of esters is 1. The summed E-state index contributed by atoms with van der Waals surface area (Å²) in [6, 6.07) is 4.81. The van der Waals surface area contributed by atoms with Gasteiger partial charge < -0.3 is 14.7 Å². The van der Waals surface area contributed by atoms with E-state index in [1.54, 1.807) is 11.0 Å². The number of phenols is 1. The molecule has 0 saturated carbocycles. The lowest BCUT2D eigenvalue weighted by Gasteiger charge is -2.38. The van der Waals surface area contributed by atoms with Crippen molar-refractivity contribution in [2.45, 2.75) is 45.2 Å². The van der Waals surface area contributed by atoms with E-state index in [1.165, 1.54) is 12.1 Å². The smallest absolute Gasteiger partial charge is 0.342 e. The second-order valence-electron chi connectivity index (χ2n) is 5.67. The van der Waals surface area contributed by atoms with Crippen molar-refractivity contribution >= 4 is 27.8 Å². The van der Waals surface area contributed by atoms with Gasteiger partial charge in [-0.25, -0.2) is 4.79 Å². The van der Waals surface area contributed by atoms with Gasteiger partial charge in [0.15, 0.2) is 6.61 Å². The Labute approximate surface area is 138 Å². The molecular formula is C16H20BrNO4. The van der Waals surface area contributed by atoms with E-state index in [0.29, 0.717) is 4.47 Å². The lowest BCUT2D eigenvalue weighted by atomic mass is 9.97. The van der Waals surface area contributed by atoms with Gasteiger partial charge in [-0.1, -0.05) is 15.9 Å². The van der Waals surface area contributed by atoms with Crippen LogP contribution in [0.15, 0.2) is 22.7 Å². The highest BCUT2D eigenvalue weighted by molar-refractivity contribution is 9.10. The second-order valence-corrected chi connectivity index (χ2v) is 6.58. The Bertz CT molecular complexity index is 565. The molecule has 5 nitrogen and oxygen atoms in total. The van der Waals surface area contributed by atoms with E-state index in [2.05, 4.69) is 15.9 Å². The standard InChI is InChI=1S/C16H20BrNO4/c1-10-4-3-5-11(2)18(10)15(20)9-22-16(21)13-8-12(17)6-7-14(13)19/h6-8,10-11,19H,3-5,9H2,1-2H3/t10-,11-/m0/s1. The molecule has 2 atom stereocenters. The average Bonchev–Trinajstić information content (AvgIpc) is 2.47. The predicted octanol–water partition coefficient (Wildman–Crippen LogP) is 3.10. The number of likely N-dealkylation sites (tertiary alicyclic amines) is 1. The number of rotatable bonds is 3. The molecule has 0 aliphatic carbocycles. The summed E-state index contributed by atoms with van der Waals surface area (Å²) < 4.78 is 5.72. The summed E-state index contributed by atoms with van der Waals surface area (Å²) in [7, 11) is 0. The lowest BCUT2D eigenvalue weighted by molar-refractivity contribution is -0.140. The van der Waals surface area contributed by atoms with E-state index in [-0.39, 0.29) is 35.9 Å². The SMILES string of the molecule is C[C@H]1CCC[C@H](C)N1C(=O)COC(=O)c1cc(Br)ccc1O. The number of nitrogens with zero attached hydrogens (tertiary/aromatic N) is 1. The fourth-order valence-electron chi connectivity index (χ4n) is 2.86. The second kappa shape index (κ2) is 7.13. The van der Waals surface area contributed by atoms with Crippen LogP contribution in [0, 0.1) is 0 Å². The number of hydrogen-bond acceptors (Lipinski definition) is 4. The fourth-order valence-corrected chi connectivity index (χ4v) is 3.23. The predicted molar refractivity (Wildman–Crippen MR) is 85.7 cm³/mol. The summed E-state index contributed by atoms with van der Waals surface area (Å²) in [5.74, 6) is -1.06.